The van der Waals surface area contributed by atoms with Crippen LogP contribution < -0.4 is 4.90 Å². The van der Waals surface area contributed by atoms with Crippen molar-refractivity contribution in [3.63, 3.8) is 0 Å². The van der Waals surface area contributed by atoms with Crippen LogP contribution in [0.5, 0.6) is 0 Å². The van der Waals surface area contributed by atoms with E-state index in [0.717, 1.165) is 11.4 Å². The Bertz CT molecular complexity index is 2920. The second-order valence-corrected chi connectivity index (χ2v) is 16.9. The molecule has 1 nitrogen and oxygen atoms in total. The van der Waals surface area contributed by atoms with Crippen molar-refractivity contribution in [1.29, 1.82) is 0 Å². The van der Waals surface area contributed by atoms with Crippen LogP contribution in [-0.2, 0) is 10.8 Å². The van der Waals surface area contributed by atoms with E-state index in [1.807, 2.05) is 0 Å². The Kier molecular flexibility index (Phi) is 6.77. The van der Waals surface area contributed by atoms with Gasteiger partial charge < -0.3 is 4.90 Å². The molecule has 1 heteroatoms. The molecule has 0 aliphatic rings. The standard InChI is InChI=1S/C52H43N/c1-51(2,3)33-22-26-35(27-23-33)53(36-28-24-34(25-29-36)52(4,5)6)44-31-30-43-46-40(44)19-13-21-42(46)49-45(32-14-8-7-9-15-32)41-20-12-18-38-37-16-10-11-17-39(37)48(47(38)41)50(43)49/h7-31H,1-6H3. The molecule has 0 amide bonds. The van der Waals surface area contributed by atoms with E-state index in [0.29, 0.717) is 0 Å². The van der Waals surface area contributed by atoms with Crippen LogP contribution in [0.3, 0.4) is 0 Å². The van der Waals surface area contributed by atoms with Crippen molar-refractivity contribution in [1.82, 2.24) is 0 Å². The smallest absolute Gasteiger partial charge is 0.0540 e. The first-order valence-electron chi connectivity index (χ1n) is 19.0. The highest BCUT2D eigenvalue weighted by Crippen LogP contribution is 2.54. The van der Waals surface area contributed by atoms with Gasteiger partial charge in [-0.25, -0.2) is 0 Å². The van der Waals surface area contributed by atoms with Crippen molar-refractivity contribution in [2.75, 3.05) is 4.90 Å². The lowest BCUT2D eigenvalue weighted by Crippen LogP contribution is -2.14. The monoisotopic (exact) mass is 681 g/mol. The Labute approximate surface area is 311 Å². The second kappa shape index (κ2) is 11.3. The lowest BCUT2D eigenvalue weighted by molar-refractivity contribution is 0.590. The van der Waals surface area contributed by atoms with E-state index < -0.39 is 0 Å². The fraction of sp³-hybridized carbons (Fsp3) is 0.154. The van der Waals surface area contributed by atoms with Crippen LogP contribution in [0.25, 0.3) is 75.8 Å². The molecule has 53 heavy (non-hydrogen) atoms. The van der Waals surface area contributed by atoms with Crippen LogP contribution in [-0.4, -0.2) is 0 Å². The molecule has 0 saturated carbocycles. The van der Waals surface area contributed by atoms with Crippen LogP contribution in [0, 0.1) is 0 Å². The molecule has 0 aromatic heterocycles. The first-order valence-corrected chi connectivity index (χ1v) is 19.0. The van der Waals surface area contributed by atoms with E-state index >= 15 is 0 Å². The summed E-state index contributed by atoms with van der Waals surface area (Å²) in [5.74, 6) is 0. The summed E-state index contributed by atoms with van der Waals surface area (Å²) in [5, 5.41) is 16.0. The molecule has 256 valence electrons. The van der Waals surface area contributed by atoms with Crippen molar-refractivity contribution in [3.05, 3.63) is 163 Å². The fourth-order valence-electron chi connectivity index (χ4n) is 9.06. The molecule has 10 aromatic carbocycles. The van der Waals surface area contributed by atoms with Gasteiger partial charge >= 0.3 is 0 Å². The summed E-state index contributed by atoms with van der Waals surface area (Å²) in [7, 11) is 0. The molecule has 0 unspecified atom stereocenters. The number of benzene rings is 8. The minimum absolute atomic E-state index is 0.0748. The Morgan fingerprint density at radius 2 is 0.792 bits per heavy atom. The molecule has 0 atom stereocenters. The SMILES string of the molecule is CC(C)(C)c1ccc(N(c2ccc(C(C)(C)C)cc2)c2ccc3c4c2cccc4c2c(-c4ccccc4)c4cccc5c6ccccc6c(c45)c32)cc1. The average Bonchev–Trinajstić information content (AvgIpc) is 3.67. The molecule has 0 bridgehead atoms. The van der Waals surface area contributed by atoms with Crippen LogP contribution in [0.4, 0.5) is 17.1 Å². The molecule has 0 spiro atoms. The lowest BCUT2D eigenvalue weighted by atomic mass is 9.86. The molecule has 0 fully saturated rings. The number of rotatable bonds is 4. The normalized spacial score (nSPS) is 12.7. The highest BCUT2D eigenvalue weighted by atomic mass is 15.1. The maximum atomic E-state index is 2.46. The largest absolute Gasteiger partial charge is 0.310 e. The van der Waals surface area contributed by atoms with Crippen molar-refractivity contribution >= 4 is 81.7 Å². The van der Waals surface area contributed by atoms with Gasteiger partial charge in [-0.2, -0.15) is 0 Å². The highest BCUT2D eigenvalue weighted by molar-refractivity contribution is 6.48. The third-order valence-corrected chi connectivity index (χ3v) is 11.7. The average molecular weight is 682 g/mol. The van der Waals surface area contributed by atoms with Crippen molar-refractivity contribution in [2.45, 2.75) is 52.4 Å². The summed E-state index contributed by atoms with van der Waals surface area (Å²) < 4.78 is 0. The predicted molar refractivity (Wildman–Crippen MR) is 231 cm³/mol. The zero-order valence-electron chi connectivity index (χ0n) is 31.4. The van der Waals surface area contributed by atoms with Gasteiger partial charge in [0.1, 0.15) is 0 Å². The van der Waals surface area contributed by atoms with Gasteiger partial charge in [0, 0.05) is 16.8 Å². The Hall–Kier alpha value is -5.92. The zero-order valence-corrected chi connectivity index (χ0v) is 31.4. The summed E-state index contributed by atoms with van der Waals surface area (Å²) in [6, 6.07) is 57.1. The van der Waals surface area contributed by atoms with Crippen molar-refractivity contribution in [3.8, 4) is 11.1 Å². The predicted octanol–water partition coefficient (Wildman–Crippen LogP) is 15.2. The van der Waals surface area contributed by atoms with E-state index in [1.165, 1.54) is 92.6 Å². The van der Waals surface area contributed by atoms with Crippen LogP contribution >= 0.6 is 0 Å². The first kappa shape index (κ1) is 31.8. The Morgan fingerprint density at radius 1 is 0.321 bits per heavy atom. The summed E-state index contributed by atoms with van der Waals surface area (Å²) >= 11 is 0. The third kappa shape index (κ3) is 4.70. The summed E-state index contributed by atoms with van der Waals surface area (Å²) in [5.41, 5.74) is 8.90. The maximum absolute atomic E-state index is 2.46. The number of anilines is 3. The summed E-state index contributed by atoms with van der Waals surface area (Å²) in [6.07, 6.45) is 0. The van der Waals surface area contributed by atoms with Gasteiger partial charge in [0.15, 0.2) is 0 Å². The molecule has 0 heterocycles. The summed E-state index contributed by atoms with van der Waals surface area (Å²) in [4.78, 5) is 2.46. The Morgan fingerprint density at radius 3 is 1.42 bits per heavy atom. The minimum atomic E-state index is 0.0748. The molecule has 10 aromatic rings. The number of hydrogen-bond donors (Lipinski definition) is 0. The second-order valence-electron chi connectivity index (χ2n) is 16.9. The van der Waals surface area contributed by atoms with E-state index in [1.54, 1.807) is 0 Å². The quantitative estimate of drug-likeness (QED) is 0.179. The number of hydrogen-bond acceptors (Lipinski definition) is 1. The van der Waals surface area contributed by atoms with Crippen molar-refractivity contribution in [2.24, 2.45) is 0 Å². The zero-order chi connectivity index (χ0) is 36.2. The first-order chi connectivity index (χ1) is 25.6. The van der Waals surface area contributed by atoms with Gasteiger partial charge in [-0.1, -0.05) is 163 Å². The lowest BCUT2D eigenvalue weighted by Gasteiger charge is -2.29. The van der Waals surface area contributed by atoms with Crippen LogP contribution in [0.1, 0.15) is 52.7 Å². The number of nitrogens with zero attached hydrogens (tertiary/aromatic N) is 1. The fourth-order valence-corrected chi connectivity index (χ4v) is 9.06. The molecular formula is C52H43N. The van der Waals surface area contributed by atoms with Gasteiger partial charge in [0.05, 0.1) is 5.69 Å². The van der Waals surface area contributed by atoms with E-state index in [2.05, 4.69) is 198 Å². The highest BCUT2D eigenvalue weighted by Gasteiger charge is 2.27. The van der Waals surface area contributed by atoms with Gasteiger partial charge in [0.25, 0.3) is 0 Å². The minimum Gasteiger partial charge on any atom is -0.310 e. The molecular weight excluding hydrogens is 639 g/mol. The molecule has 0 N–H and O–H groups in total. The third-order valence-electron chi connectivity index (χ3n) is 11.7. The van der Waals surface area contributed by atoms with Gasteiger partial charge in [0.2, 0.25) is 0 Å². The van der Waals surface area contributed by atoms with Gasteiger partial charge in [-0.05, 0) is 123 Å². The number of fused-ring (bicyclic) bond motifs is 7. The van der Waals surface area contributed by atoms with Gasteiger partial charge in [-0.3, -0.25) is 0 Å². The van der Waals surface area contributed by atoms with Gasteiger partial charge in [-0.15, -0.1) is 0 Å². The molecule has 0 radical (unpaired) electrons. The maximum Gasteiger partial charge on any atom is 0.0540 e. The van der Waals surface area contributed by atoms with E-state index in [4.69, 9.17) is 0 Å². The summed E-state index contributed by atoms with van der Waals surface area (Å²) in [6.45, 7) is 13.7. The van der Waals surface area contributed by atoms with Crippen LogP contribution in [0.15, 0.2) is 152 Å². The van der Waals surface area contributed by atoms with Crippen LogP contribution in [0.2, 0.25) is 0 Å². The molecule has 0 aliphatic carbocycles. The van der Waals surface area contributed by atoms with E-state index in [9.17, 15) is 0 Å². The van der Waals surface area contributed by atoms with Crippen molar-refractivity contribution < 1.29 is 0 Å². The van der Waals surface area contributed by atoms with E-state index in [-0.39, 0.29) is 10.8 Å². The molecule has 10 rings (SSSR count). The molecule has 0 saturated heterocycles. The Balaban J connectivity index is 1.34. The topological polar surface area (TPSA) is 3.24 Å². The molecule has 0 aliphatic heterocycles.